The smallest absolute Gasteiger partial charge is 0.306 e. The Balaban J connectivity index is 2.67. The summed E-state index contributed by atoms with van der Waals surface area (Å²) in [4.78, 5) is 10.8. The van der Waals surface area contributed by atoms with Crippen LogP contribution in [0.4, 0.5) is 0 Å². The molecule has 0 aromatic carbocycles. The minimum absolute atomic E-state index is 0.0494. The fourth-order valence-corrected chi connectivity index (χ4v) is 2.46. The second-order valence-corrected chi connectivity index (χ2v) is 4.18. The van der Waals surface area contributed by atoms with Gasteiger partial charge in [0.05, 0.1) is 6.42 Å². The maximum Gasteiger partial charge on any atom is 0.306 e. The molecule has 0 aromatic heterocycles. The van der Waals surface area contributed by atoms with Gasteiger partial charge in [-0.1, -0.05) is 36.4 Å². The Morgan fingerprint density at radius 1 is 1.80 bits per heavy atom. The van der Waals surface area contributed by atoms with E-state index in [9.17, 15) is 4.79 Å². The van der Waals surface area contributed by atoms with Gasteiger partial charge in [0.25, 0.3) is 0 Å². The van der Waals surface area contributed by atoms with Crippen molar-refractivity contribution < 1.29 is 9.53 Å². The number of cyclic esters (lactones) is 1. The van der Waals surface area contributed by atoms with Crippen molar-refractivity contribution in [2.75, 3.05) is 4.43 Å². The van der Waals surface area contributed by atoms with Crippen molar-refractivity contribution in [2.24, 2.45) is 5.41 Å². The Morgan fingerprint density at radius 3 is 2.60 bits per heavy atom. The molecule has 2 nitrogen and oxygen atoms in total. The Morgan fingerprint density at radius 2 is 2.40 bits per heavy atom. The Kier molecular flexibility index (Phi) is 2.22. The molecule has 0 spiro atoms. The van der Waals surface area contributed by atoms with Crippen LogP contribution in [0.5, 0.6) is 0 Å². The highest BCUT2D eigenvalue weighted by Gasteiger charge is 2.40. The molecule has 0 saturated carbocycles. The molecule has 1 rings (SSSR count). The van der Waals surface area contributed by atoms with Gasteiger partial charge < -0.3 is 4.74 Å². The Hall–Kier alpha value is 0.200. The molecule has 0 N–H and O–H groups in total. The fourth-order valence-electron chi connectivity index (χ4n) is 1.09. The van der Waals surface area contributed by atoms with Crippen molar-refractivity contribution in [3.05, 3.63) is 0 Å². The monoisotopic (exact) mass is 254 g/mol. The van der Waals surface area contributed by atoms with E-state index in [0.29, 0.717) is 6.42 Å². The number of alkyl halides is 1. The van der Waals surface area contributed by atoms with Crippen LogP contribution in [0.25, 0.3) is 0 Å². The topological polar surface area (TPSA) is 26.3 Å². The van der Waals surface area contributed by atoms with Crippen LogP contribution in [0.2, 0.25) is 0 Å². The van der Waals surface area contributed by atoms with Crippen LogP contribution in [0.1, 0.15) is 20.3 Å². The van der Waals surface area contributed by atoms with Crippen molar-refractivity contribution in [2.45, 2.75) is 26.4 Å². The number of hydrogen-bond donors (Lipinski definition) is 0. The van der Waals surface area contributed by atoms with E-state index in [1.807, 2.05) is 0 Å². The first kappa shape index (κ1) is 8.30. The summed E-state index contributed by atoms with van der Waals surface area (Å²) >= 11 is 2.25. The molecule has 58 valence electrons. The number of rotatable bonds is 1. The summed E-state index contributed by atoms with van der Waals surface area (Å²) in [5.74, 6) is -0.0494. The molecule has 1 saturated heterocycles. The molecule has 1 heterocycles. The number of halogens is 1. The van der Waals surface area contributed by atoms with Gasteiger partial charge in [-0.2, -0.15) is 0 Å². The summed E-state index contributed by atoms with van der Waals surface area (Å²) in [7, 11) is 0. The summed E-state index contributed by atoms with van der Waals surface area (Å²) < 4.78 is 5.98. The molecule has 0 bridgehead atoms. The van der Waals surface area contributed by atoms with E-state index in [0.717, 1.165) is 4.43 Å². The maximum absolute atomic E-state index is 10.8. The zero-order valence-electron chi connectivity index (χ0n) is 6.19. The van der Waals surface area contributed by atoms with Gasteiger partial charge in [-0.05, 0) is 0 Å². The number of esters is 1. The Bertz CT molecular complexity index is 154. The van der Waals surface area contributed by atoms with Gasteiger partial charge in [-0.15, -0.1) is 0 Å². The van der Waals surface area contributed by atoms with Gasteiger partial charge in [-0.3, -0.25) is 4.79 Å². The molecule has 0 radical (unpaired) electrons. The van der Waals surface area contributed by atoms with E-state index >= 15 is 0 Å². The van der Waals surface area contributed by atoms with Gasteiger partial charge in [0.15, 0.2) is 0 Å². The van der Waals surface area contributed by atoms with E-state index in [1.165, 1.54) is 0 Å². The average Bonchev–Trinajstić information content (AvgIpc) is 2.04. The molecule has 1 unspecified atom stereocenters. The third kappa shape index (κ3) is 1.44. The lowest BCUT2D eigenvalue weighted by Crippen LogP contribution is -2.25. The van der Waals surface area contributed by atoms with Crippen LogP contribution in [0, 0.1) is 5.41 Å². The van der Waals surface area contributed by atoms with Crippen LogP contribution in [0.3, 0.4) is 0 Å². The first-order chi connectivity index (χ1) is 4.56. The van der Waals surface area contributed by atoms with Gasteiger partial charge >= 0.3 is 5.97 Å². The molecular formula is C7H11IO2. The van der Waals surface area contributed by atoms with Crippen molar-refractivity contribution in [1.29, 1.82) is 0 Å². The normalized spacial score (nSPS) is 30.3. The first-order valence-electron chi connectivity index (χ1n) is 3.32. The number of carbonyl (C=O) groups is 1. The highest BCUT2D eigenvalue weighted by atomic mass is 127. The second kappa shape index (κ2) is 2.68. The third-order valence-electron chi connectivity index (χ3n) is 1.89. The molecule has 1 aliphatic heterocycles. The first-order valence-corrected chi connectivity index (χ1v) is 4.84. The summed E-state index contributed by atoms with van der Waals surface area (Å²) in [6.45, 7) is 4.14. The molecule has 1 fully saturated rings. The highest BCUT2D eigenvalue weighted by molar-refractivity contribution is 14.1. The largest absolute Gasteiger partial charge is 0.461 e. The molecule has 1 atom stereocenters. The standard InChI is InChI=1S/C7H11IO2/c1-7(2)3-6(9)10-5(7)4-8/h5H,3-4H2,1-2H3. The fraction of sp³-hybridized carbons (Fsp3) is 0.857. The third-order valence-corrected chi connectivity index (χ3v) is 2.69. The molecular weight excluding hydrogens is 243 g/mol. The van der Waals surface area contributed by atoms with E-state index in [2.05, 4.69) is 36.4 Å². The molecule has 0 aliphatic carbocycles. The van der Waals surface area contributed by atoms with E-state index in [-0.39, 0.29) is 17.5 Å². The van der Waals surface area contributed by atoms with Crippen LogP contribution >= 0.6 is 22.6 Å². The Labute approximate surface area is 74.5 Å². The van der Waals surface area contributed by atoms with Gasteiger partial charge in [0, 0.05) is 9.84 Å². The van der Waals surface area contributed by atoms with Gasteiger partial charge in [0.1, 0.15) is 6.10 Å². The lowest BCUT2D eigenvalue weighted by atomic mass is 9.87. The number of carbonyl (C=O) groups excluding carboxylic acids is 1. The van der Waals surface area contributed by atoms with Crippen molar-refractivity contribution in [3.63, 3.8) is 0 Å². The van der Waals surface area contributed by atoms with E-state index in [1.54, 1.807) is 0 Å². The highest BCUT2D eigenvalue weighted by Crippen LogP contribution is 2.35. The molecule has 0 aromatic rings. The van der Waals surface area contributed by atoms with Crippen molar-refractivity contribution in [1.82, 2.24) is 0 Å². The SMILES string of the molecule is CC1(C)CC(=O)OC1CI. The molecule has 10 heavy (non-hydrogen) atoms. The molecule has 3 heteroatoms. The lowest BCUT2D eigenvalue weighted by molar-refractivity contribution is -0.140. The van der Waals surface area contributed by atoms with Crippen molar-refractivity contribution in [3.8, 4) is 0 Å². The second-order valence-electron chi connectivity index (χ2n) is 3.30. The minimum Gasteiger partial charge on any atom is -0.461 e. The lowest BCUT2D eigenvalue weighted by Gasteiger charge is -2.20. The minimum atomic E-state index is -0.0494. The van der Waals surface area contributed by atoms with Gasteiger partial charge in [0.2, 0.25) is 0 Å². The summed E-state index contributed by atoms with van der Waals surface area (Å²) in [5.41, 5.74) is 0.0538. The average molecular weight is 254 g/mol. The van der Waals surface area contributed by atoms with E-state index < -0.39 is 0 Å². The van der Waals surface area contributed by atoms with E-state index in [4.69, 9.17) is 4.74 Å². The summed E-state index contributed by atoms with van der Waals surface area (Å²) in [5, 5.41) is 0. The predicted molar refractivity (Wildman–Crippen MR) is 47.2 cm³/mol. The number of hydrogen-bond acceptors (Lipinski definition) is 2. The van der Waals surface area contributed by atoms with Crippen molar-refractivity contribution >= 4 is 28.6 Å². The summed E-state index contributed by atoms with van der Waals surface area (Å²) in [6, 6.07) is 0. The molecule has 1 aliphatic rings. The van der Waals surface area contributed by atoms with Crippen LogP contribution in [0.15, 0.2) is 0 Å². The quantitative estimate of drug-likeness (QED) is 0.405. The maximum atomic E-state index is 10.8. The summed E-state index contributed by atoms with van der Waals surface area (Å²) in [6.07, 6.45) is 0.696. The van der Waals surface area contributed by atoms with Gasteiger partial charge in [-0.25, -0.2) is 0 Å². The zero-order chi connectivity index (χ0) is 7.78. The van der Waals surface area contributed by atoms with Crippen LogP contribution in [-0.2, 0) is 9.53 Å². The zero-order valence-corrected chi connectivity index (χ0v) is 8.34. The molecule has 0 amide bonds. The van der Waals surface area contributed by atoms with Crippen LogP contribution < -0.4 is 0 Å². The predicted octanol–water partition coefficient (Wildman–Crippen LogP) is 1.76. The van der Waals surface area contributed by atoms with Crippen LogP contribution in [-0.4, -0.2) is 16.5 Å². The number of ether oxygens (including phenoxy) is 1.